The number of nitrogens with zero attached hydrogens (tertiary/aromatic N) is 1. The smallest absolute Gasteiger partial charge is 0.324 e. The van der Waals surface area contributed by atoms with E-state index in [2.05, 4.69) is 16.7 Å². The van der Waals surface area contributed by atoms with Crippen molar-refractivity contribution in [2.75, 3.05) is 6.54 Å². The van der Waals surface area contributed by atoms with Crippen molar-refractivity contribution in [2.45, 2.75) is 25.4 Å². The summed E-state index contributed by atoms with van der Waals surface area (Å²) in [5.41, 5.74) is 3.57. The van der Waals surface area contributed by atoms with Gasteiger partial charge in [0.25, 0.3) is 5.91 Å². The van der Waals surface area contributed by atoms with E-state index in [1.54, 1.807) is 24.3 Å². The molecule has 2 aliphatic rings. The second-order valence-corrected chi connectivity index (χ2v) is 6.56. The van der Waals surface area contributed by atoms with Crippen molar-refractivity contribution >= 4 is 17.8 Å². The van der Waals surface area contributed by atoms with Crippen LogP contribution in [0.1, 0.15) is 39.5 Å². The lowest BCUT2D eigenvalue weighted by Gasteiger charge is -2.18. The Balaban J connectivity index is 1.54. The molecule has 26 heavy (non-hydrogen) atoms. The molecule has 1 fully saturated rings. The fourth-order valence-electron chi connectivity index (χ4n) is 3.61. The number of hydrogen-bond donors (Lipinski definition) is 2. The minimum atomic E-state index is -0.421. The van der Waals surface area contributed by atoms with Crippen molar-refractivity contribution in [3.63, 3.8) is 0 Å². The van der Waals surface area contributed by atoms with Crippen molar-refractivity contribution in [1.29, 1.82) is 0 Å². The van der Waals surface area contributed by atoms with Crippen LogP contribution in [0, 0.1) is 0 Å². The Morgan fingerprint density at radius 3 is 2.69 bits per heavy atom. The molecule has 6 nitrogen and oxygen atoms in total. The van der Waals surface area contributed by atoms with Gasteiger partial charge in [0.2, 0.25) is 5.91 Å². The summed E-state index contributed by atoms with van der Waals surface area (Å²) >= 11 is 0. The van der Waals surface area contributed by atoms with Crippen LogP contribution in [0.15, 0.2) is 48.5 Å². The number of carbonyl (C=O) groups excluding carboxylic acids is 3. The van der Waals surface area contributed by atoms with Crippen LogP contribution in [0.3, 0.4) is 0 Å². The number of fused-ring (bicyclic) bond motifs is 1. The molecule has 0 aromatic heterocycles. The molecule has 1 heterocycles. The third-order valence-electron chi connectivity index (χ3n) is 4.97. The van der Waals surface area contributed by atoms with Gasteiger partial charge in [0.15, 0.2) is 0 Å². The normalized spacial score (nSPS) is 18.6. The van der Waals surface area contributed by atoms with E-state index >= 15 is 0 Å². The predicted octanol–water partition coefficient (Wildman–Crippen LogP) is 2.16. The summed E-state index contributed by atoms with van der Waals surface area (Å²) in [7, 11) is 0. The Morgan fingerprint density at radius 1 is 1.12 bits per heavy atom. The van der Waals surface area contributed by atoms with E-state index in [-0.39, 0.29) is 30.9 Å². The van der Waals surface area contributed by atoms with Crippen molar-refractivity contribution in [1.82, 2.24) is 15.5 Å². The van der Waals surface area contributed by atoms with Crippen LogP contribution >= 0.6 is 0 Å². The number of urea groups is 1. The van der Waals surface area contributed by atoms with Gasteiger partial charge in [0, 0.05) is 5.56 Å². The second-order valence-electron chi connectivity index (χ2n) is 6.56. The first-order chi connectivity index (χ1) is 12.6. The van der Waals surface area contributed by atoms with Crippen LogP contribution in [-0.2, 0) is 17.8 Å². The van der Waals surface area contributed by atoms with E-state index in [9.17, 15) is 14.4 Å². The Hall–Kier alpha value is -3.15. The van der Waals surface area contributed by atoms with Gasteiger partial charge in [0.05, 0.1) is 19.1 Å². The molecule has 1 saturated heterocycles. The molecule has 2 N–H and O–H groups in total. The number of aryl methyl sites for hydroxylation is 1. The molecule has 2 aromatic rings. The molecule has 0 radical (unpaired) electrons. The van der Waals surface area contributed by atoms with Gasteiger partial charge in [-0.3, -0.25) is 14.5 Å². The molecule has 0 bridgehead atoms. The zero-order chi connectivity index (χ0) is 18.1. The predicted molar refractivity (Wildman–Crippen MR) is 95.4 cm³/mol. The van der Waals surface area contributed by atoms with Gasteiger partial charge >= 0.3 is 6.03 Å². The van der Waals surface area contributed by atoms with Gasteiger partial charge < -0.3 is 10.6 Å². The average Bonchev–Trinajstić information content (AvgIpc) is 3.20. The van der Waals surface area contributed by atoms with E-state index in [0.29, 0.717) is 11.1 Å². The van der Waals surface area contributed by atoms with Crippen molar-refractivity contribution in [3.05, 3.63) is 70.8 Å². The average molecular weight is 349 g/mol. The summed E-state index contributed by atoms with van der Waals surface area (Å²) < 4.78 is 0. The lowest BCUT2D eigenvalue weighted by Crippen LogP contribution is -2.32. The highest BCUT2D eigenvalue weighted by atomic mass is 16.2. The van der Waals surface area contributed by atoms with Gasteiger partial charge in [-0.05, 0) is 35.6 Å². The highest BCUT2D eigenvalue weighted by molar-refractivity contribution is 6.02. The quantitative estimate of drug-likeness (QED) is 0.830. The Kier molecular flexibility index (Phi) is 4.16. The summed E-state index contributed by atoms with van der Waals surface area (Å²) in [5.74, 6) is -0.468. The van der Waals surface area contributed by atoms with Crippen LogP contribution in [0.2, 0.25) is 0 Å². The van der Waals surface area contributed by atoms with Crippen molar-refractivity contribution < 1.29 is 14.4 Å². The Bertz CT molecular complexity index is 877. The molecule has 4 amide bonds. The topological polar surface area (TPSA) is 78.5 Å². The highest BCUT2D eigenvalue weighted by Crippen LogP contribution is 2.31. The molecule has 4 rings (SSSR count). The first-order valence-corrected chi connectivity index (χ1v) is 8.68. The summed E-state index contributed by atoms with van der Waals surface area (Å²) in [6.45, 7) is 0.0988. The number of imide groups is 1. The summed E-state index contributed by atoms with van der Waals surface area (Å²) in [6, 6.07) is 14.8. The van der Waals surface area contributed by atoms with E-state index in [4.69, 9.17) is 0 Å². The van der Waals surface area contributed by atoms with Crippen LogP contribution in [0.4, 0.5) is 4.79 Å². The van der Waals surface area contributed by atoms with Crippen molar-refractivity contribution in [2.24, 2.45) is 0 Å². The molecule has 0 spiro atoms. The molecule has 2 aromatic carbocycles. The van der Waals surface area contributed by atoms with Gasteiger partial charge in [-0.25, -0.2) is 4.79 Å². The first-order valence-electron chi connectivity index (χ1n) is 8.68. The van der Waals surface area contributed by atoms with Crippen LogP contribution < -0.4 is 10.6 Å². The zero-order valence-corrected chi connectivity index (χ0v) is 14.2. The maximum absolute atomic E-state index is 12.9. The molecule has 6 heteroatoms. The van der Waals surface area contributed by atoms with Crippen LogP contribution in [0.25, 0.3) is 0 Å². The first kappa shape index (κ1) is 16.3. The number of benzene rings is 2. The minimum absolute atomic E-state index is 0.00601. The third kappa shape index (κ3) is 2.94. The maximum Gasteiger partial charge on any atom is 0.324 e. The van der Waals surface area contributed by atoms with Gasteiger partial charge in [-0.1, -0.05) is 42.5 Å². The number of hydrogen-bond acceptors (Lipinski definition) is 3. The summed E-state index contributed by atoms with van der Waals surface area (Å²) in [6.07, 6.45) is 1.82. The van der Waals surface area contributed by atoms with Gasteiger partial charge in [-0.2, -0.15) is 0 Å². The molecular formula is C20H19N3O3. The number of amides is 4. The van der Waals surface area contributed by atoms with E-state index < -0.39 is 6.03 Å². The van der Waals surface area contributed by atoms with E-state index in [1.165, 1.54) is 5.56 Å². The molecule has 0 saturated carbocycles. The SMILES string of the molecule is O=C(N[C@@H]1CCc2ccccc21)c1ccccc1CN1C(=O)CNC1=O. The lowest BCUT2D eigenvalue weighted by atomic mass is 10.0. The van der Waals surface area contributed by atoms with E-state index in [0.717, 1.165) is 23.3 Å². The number of carbonyl (C=O) groups is 3. The highest BCUT2D eigenvalue weighted by Gasteiger charge is 2.30. The number of rotatable bonds is 4. The molecule has 0 unspecified atom stereocenters. The molecule has 1 atom stereocenters. The standard InChI is InChI=1S/C20H19N3O3/c24-18-11-21-20(26)23(18)12-14-6-2-4-8-16(14)19(25)22-17-10-9-13-5-1-3-7-15(13)17/h1-8,17H,9-12H2,(H,21,26)(H,22,25)/t17-/m1/s1. The summed E-state index contributed by atoms with van der Waals surface area (Å²) in [5, 5.41) is 5.59. The van der Waals surface area contributed by atoms with Crippen LogP contribution in [-0.4, -0.2) is 29.3 Å². The molecule has 1 aliphatic carbocycles. The van der Waals surface area contributed by atoms with Gasteiger partial charge in [-0.15, -0.1) is 0 Å². The van der Waals surface area contributed by atoms with Crippen molar-refractivity contribution in [3.8, 4) is 0 Å². The maximum atomic E-state index is 12.9. The molecule has 1 aliphatic heterocycles. The largest absolute Gasteiger partial charge is 0.345 e. The molecular weight excluding hydrogens is 330 g/mol. The summed E-state index contributed by atoms with van der Waals surface area (Å²) in [4.78, 5) is 37.6. The second kappa shape index (κ2) is 6.63. The molecule has 132 valence electrons. The third-order valence-corrected chi connectivity index (χ3v) is 4.97. The number of nitrogens with one attached hydrogen (secondary N) is 2. The zero-order valence-electron chi connectivity index (χ0n) is 14.2. The fraction of sp³-hybridized carbons (Fsp3) is 0.250. The van der Waals surface area contributed by atoms with Crippen LogP contribution in [0.5, 0.6) is 0 Å². The monoisotopic (exact) mass is 349 g/mol. The van der Waals surface area contributed by atoms with Gasteiger partial charge in [0.1, 0.15) is 0 Å². The fourth-order valence-corrected chi connectivity index (χ4v) is 3.61. The Morgan fingerprint density at radius 2 is 1.88 bits per heavy atom. The minimum Gasteiger partial charge on any atom is -0.345 e. The van der Waals surface area contributed by atoms with E-state index in [1.807, 2.05) is 18.2 Å². The lowest BCUT2D eigenvalue weighted by molar-refractivity contribution is -0.125. The Labute approximate surface area is 151 Å².